The topological polar surface area (TPSA) is 77.9 Å². The van der Waals surface area contributed by atoms with Gasteiger partial charge in [0.25, 0.3) is 11.1 Å². The van der Waals surface area contributed by atoms with E-state index in [1.807, 2.05) is 0 Å². The van der Waals surface area contributed by atoms with E-state index in [0.717, 1.165) is 42.3 Å². The highest BCUT2D eigenvalue weighted by Gasteiger charge is 2.37. The Balaban J connectivity index is 1.73. The zero-order valence-corrected chi connectivity index (χ0v) is 15.7. The van der Waals surface area contributed by atoms with Gasteiger partial charge in [-0.1, -0.05) is 24.4 Å². The number of imide groups is 1. The molecule has 0 radical (unpaired) electrons. The van der Waals surface area contributed by atoms with Crippen LogP contribution in [0.4, 0.5) is 4.79 Å². The van der Waals surface area contributed by atoms with Crippen molar-refractivity contribution in [1.29, 1.82) is 0 Å². The Hall–Kier alpha value is -1.99. The number of benzene rings is 1. The van der Waals surface area contributed by atoms with E-state index >= 15 is 0 Å². The number of phenolic OH excluding ortho intramolecular Hbond substituents is 1. The van der Waals surface area contributed by atoms with Crippen molar-refractivity contribution in [2.75, 3.05) is 19.6 Å². The second-order valence-corrected chi connectivity index (χ2v) is 7.70. The molecule has 2 aliphatic heterocycles. The number of phenols is 1. The van der Waals surface area contributed by atoms with E-state index < -0.39 is 11.1 Å². The van der Waals surface area contributed by atoms with E-state index in [1.54, 1.807) is 4.90 Å². The van der Waals surface area contributed by atoms with Gasteiger partial charge in [-0.05, 0) is 48.9 Å². The number of aromatic hydroxyl groups is 1. The minimum Gasteiger partial charge on any atom is -0.507 e. The molecule has 0 atom stereocenters. The van der Waals surface area contributed by atoms with Crippen molar-refractivity contribution in [3.63, 3.8) is 0 Å². The molecule has 26 heavy (non-hydrogen) atoms. The van der Waals surface area contributed by atoms with Gasteiger partial charge in [0.15, 0.2) is 0 Å². The number of hydrogen-bond donors (Lipinski definition) is 1. The molecule has 8 heteroatoms. The maximum Gasteiger partial charge on any atom is 0.294 e. The van der Waals surface area contributed by atoms with Gasteiger partial charge in [-0.3, -0.25) is 19.3 Å². The largest absolute Gasteiger partial charge is 0.507 e. The van der Waals surface area contributed by atoms with Gasteiger partial charge in [-0.2, -0.15) is 0 Å². The van der Waals surface area contributed by atoms with Gasteiger partial charge in [0, 0.05) is 23.7 Å². The smallest absolute Gasteiger partial charge is 0.294 e. The molecular weight excluding hydrogens is 376 g/mol. The zero-order chi connectivity index (χ0) is 18.7. The minimum absolute atomic E-state index is 0.0400. The van der Waals surface area contributed by atoms with Gasteiger partial charge in [0.2, 0.25) is 5.91 Å². The first-order valence-electron chi connectivity index (χ1n) is 8.47. The van der Waals surface area contributed by atoms with Gasteiger partial charge in [0.05, 0.1) is 4.91 Å². The Morgan fingerprint density at radius 1 is 1.19 bits per heavy atom. The van der Waals surface area contributed by atoms with Crippen LogP contribution in [0.3, 0.4) is 0 Å². The van der Waals surface area contributed by atoms with Gasteiger partial charge in [-0.15, -0.1) is 0 Å². The number of carbonyl (C=O) groups is 3. The van der Waals surface area contributed by atoms with Crippen LogP contribution in [0, 0.1) is 0 Å². The standard InChI is InChI=1S/C18H19ClN2O4S/c19-13-5-6-14(22)12(9-13)10-15-17(24)21(18(25)26-15)11-16(23)20-7-3-1-2-4-8-20/h5-6,9-10,22H,1-4,7-8,11H2/b15-10-. The first-order chi connectivity index (χ1) is 12.5. The van der Waals surface area contributed by atoms with Crippen molar-refractivity contribution in [1.82, 2.24) is 9.80 Å². The van der Waals surface area contributed by atoms with E-state index in [-0.39, 0.29) is 23.1 Å². The number of likely N-dealkylation sites (tertiary alicyclic amines) is 1. The summed E-state index contributed by atoms with van der Waals surface area (Å²) in [4.78, 5) is 40.0. The molecule has 0 aromatic heterocycles. The number of nitrogens with zero attached hydrogens (tertiary/aromatic N) is 2. The summed E-state index contributed by atoms with van der Waals surface area (Å²) in [5.74, 6) is -0.773. The summed E-state index contributed by atoms with van der Waals surface area (Å²) in [5.41, 5.74) is 0.349. The number of hydrogen-bond acceptors (Lipinski definition) is 5. The fourth-order valence-corrected chi connectivity index (χ4v) is 3.98. The summed E-state index contributed by atoms with van der Waals surface area (Å²) in [6.07, 6.45) is 5.50. The highest BCUT2D eigenvalue weighted by atomic mass is 35.5. The quantitative estimate of drug-likeness (QED) is 0.794. The van der Waals surface area contributed by atoms with Crippen molar-refractivity contribution < 1.29 is 19.5 Å². The van der Waals surface area contributed by atoms with Crippen LogP contribution in [0.5, 0.6) is 5.75 Å². The van der Waals surface area contributed by atoms with E-state index in [1.165, 1.54) is 24.3 Å². The van der Waals surface area contributed by atoms with Crippen molar-refractivity contribution in [3.8, 4) is 5.75 Å². The average molecular weight is 395 g/mol. The first-order valence-corrected chi connectivity index (χ1v) is 9.67. The lowest BCUT2D eigenvalue weighted by molar-refractivity contribution is -0.135. The predicted molar refractivity (Wildman–Crippen MR) is 101 cm³/mol. The molecule has 138 valence electrons. The van der Waals surface area contributed by atoms with E-state index in [9.17, 15) is 19.5 Å². The van der Waals surface area contributed by atoms with Crippen LogP contribution in [0.2, 0.25) is 5.02 Å². The third-order valence-corrected chi connectivity index (χ3v) is 5.54. The van der Waals surface area contributed by atoms with Gasteiger partial charge >= 0.3 is 0 Å². The molecule has 0 spiro atoms. The van der Waals surface area contributed by atoms with Gasteiger partial charge in [0.1, 0.15) is 12.3 Å². The summed E-state index contributed by atoms with van der Waals surface area (Å²) in [6.45, 7) is 1.09. The molecule has 0 aliphatic carbocycles. The molecule has 0 unspecified atom stereocenters. The van der Waals surface area contributed by atoms with Crippen LogP contribution < -0.4 is 0 Å². The monoisotopic (exact) mass is 394 g/mol. The molecule has 1 N–H and O–H groups in total. The molecule has 2 fully saturated rings. The van der Waals surface area contributed by atoms with E-state index in [4.69, 9.17) is 11.6 Å². The molecule has 1 aromatic rings. The molecule has 0 bridgehead atoms. The fraction of sp³-hybridized carbons (Fsp3) is 0.389. The van der Waals surface area contributed by atoms with E-state index in [0.29, 0.717) is 23.7 Å². The highest BCUT2D eigenvalue weighted by molar-refractivity contribution is 8.18. The first kappa shape index (κ1) is 18.8. The van der Waals surface area contributed by atoms with Gasteiger partial charge in [-0.25, -0.2) is 0 Å². The third kappa shape index (κ3) is 4.22. The van der Waals surface area contributed by atoms with Crippen molar-refractivity contribution in [2.24, 2.45) is 0 Å². The molecule has 2 aliphatic rings. The normalized spacial score (nSPS) is 20.0. The number of amides is 3. The highest BCUT2D eigenvalue weighted by Crippen LogP contribution is 2.34. The number of halogens is 1. The summed E-state index contributed by atoms with van der Waals surface area (Å²) in [7, 11) is 0. The maximum atomic E-state index is 12.5. The molecule has 3 rings (SSSR count). The van der Waals surface area contributed by atoms with Crippen LogP contribution in [-0.4, -0.2) is 51.6 Å². The lowest BCUT2D eigenvalue weighted by Crippen LogP contribution is -2.42. The van der Waals surface area contributed by atoms with Gasteiger partial charge < -0.3 is 10.0 Å². The Labute approximate surface area is 160 Å². The SMILES string of the molecule is O=C(CN1C(=O)S/C(=C\c2cc(Cl)ccc2O)C1=O)N1CCCCCC1. The predicted octanol–water partition coefficient (Wildman–Crippen LogP) is 3.48. The lowest BCUT2D eigenvalue weighted by Gasteiger charge is -2.22. The third-order valence-electron chi connectivity index (χ3n) is 4.40. The number of thioether (sulfide) groups is 1. The average Bonchev–Trinajstić information content (AvgIpc) is 2.82. The summed E-state index contributed by atoms with van der Waals surface area (Å²) >= 11 is 6.66. The summed E-state index contributed by atoms with van der Waals surface area (Å²) in [6, 6.07) is 4.45. The Bertz CT molecular complexity index is 772. The lowest BCUT2D eigenvalue weighted by atomic mass is 10.2. The molecule has 6 nitrogen and oxygen atoms in total. The molecule has 3 amide bonds. The molecule has 2 saturated heterocycles. The summed E-state index contributed by atoms with van der Waals surface area (Å²) < 4.78 is 0. The second kappa shape index (κ2) is 8.14. The Morgan fingerprint density at radius 3 is 2.58 bits per heavy atom. The number of rotatable bonds is 3. The minimum atomic E-state index is -0.525. The second-order valence-electron chi connectivity index (χ2n) is 6.27. The van der Waals surface area contributed by atoms with Crippen molar-refractivity contribution in [3.05, 3.63) is 33.7 Å². The molecular formula is C18H19ClN2O4S. The van der Waals surface area contributed by atoms with Crippen LogP contribution in [-0.2, 0) is 9.59 Å². The van der Waals surface area contributed by atoms with Crippen molar-refractivity contribution >= 4 is 46.5 Å². The van der Waals surface area contributed by atoms with Crippen LogP contribution in [0.1, 0.15) is 31.2 Å². The molecule has 1 aromatic carbocycles. The van der Waals surface area contributed by atoms with Crippen LogP contribution >= 0.6 is 23.4 Å². The van der Waals surface area contributed by atoms with Crippen LogP contribution in [0.15, 0.2) is 23.1 Å². The maximum absolute atomic E-state index is 12.5. The Morgan fingerprint density at radius 2 is 1.88 bits per heavy atom. The zero-order valence-electron chi connectivity index (χ0n) is 14.1. The van der Waals surface area contributed by atoms with E-state index in [2.05, 4.69) is 0 Å². The number of carbonyl (C=O) groups excluding carboxylic acids is 3. The van der Waals surface area contributed by atoms with Crippen LogP contribution in [0.25, 0.3) is 6.08 Å². The fourth-order valence-electron chi connectivity index (χ4n) is 2.97. The molecule has 2 heterocycles. The summed E-state index contributed by atoms with van der Waals surface area (Å²) in [5, 5.41) is 9.80. The molecule has 0 saturated carbocycles. The van der Waals surface area contributed by atoms with Crippen molar-refractivity contribution in [2.45, 2.75) is 25.7 Å². The Kier molecular flexibility index (Phi) is 5.88.